The molecule has 6 aliphatic rings. The number of rotatable bonds is 0. The molecule has 0 aromatic heterocycles. The summed E-state index contributed by atoms with van der Waals surface area (Å²) in [5.41, 5.74) is -3.21. The minimum atomic E-state index is -2.33. The maximum atomic E-state index is 13.4. The summed E-state index contributed by atoms with van der Waals surface area (Å²) in [6, 6.07) is 0. The largest absolute Gasteiger partial charge is 0.393 e. The Morgan fingerprint density at radius 3 is 2.44 bits per heavy atom. The lowest BCUT2D eigenvalue weighted by atomic mass is 9.35. The van der Waals surface area contributed by atoms with Crippen molar-refractivity contribution in [3.8, 4) is 0 Å². The maximum absolute atomic E-state index is 13.4. The van der Waals surface area contributed by atoms with Crippen LogP contribution in [0.25, 0.3) is 0 Å². The molecule has 2 saturated heterocycles. The fourth-order valence-electron chi connectivity index (χ4n) is 7.93. The summed E-state index contributed by atoms with van der Waals surface area (Å²) in [4.78, 5) is 13.4. The van der Waals surface area contributed by atoms with Crippen molar-refractivity contribution in [1.29, 1.82) is 0 Å². The van der Waals surface area contributed by atoms with E-state index in [0.29, 0.717) is 12.8 Å². The number of carbonyl (C=O) groups excluding carboxylic acids is 1. The van der Waals surface area contributed by atoms with Crippen molar-refractivity contribution < 1.29 is 35.1 Å². The topological polar surface area (TPSA) is 127 Å². The molecule has 2 aliphatic heterocycles. The summed E-state index contributed by atoms with van der Waals surface area (Å²) in [6.45, 7) is 7.57. The SMILES string of the molecule is C=C1C(=O)C23C(O)C1CC(O)C2C12CCC(O)C(C)(C)C1C(O)C3(O)OC2. The smallest absolute Gasteiger partial charge is 0.208 e. The highest BCUT2D eigenvalue weighted by molar-refractivity contribution is 6.05. The van der Waals surface area contributed by atoms with Crippen LogP contribution in [0.3, 0.4) is 0 Å². The molecule has 4 aliphatic carbocycles. The predicted molar refractivity (Wildman–Crippen MR) is 92.0 cm³/mol. The maximum Gasteiger partial charge on any atom is 0.208 e. The van der Waals surface area contributed by atoms with E-state index in [2.05, 4.69) is 6.58 Å². The summed E-state index contributed by atoms with van der Waals surface area (Å²) in [5.74, 6) is -4.83. The van der Waals surface area contributed by atoms with E-state index in [1.807, 2.05) is 13.8 Å². The zero-order valence-corrected chi connectivity index (χ0v) is 15.6. The minimum Gasteiger partial charge on any atom is -0.393 e. The van der Waals surface area contributed by atoms with Gasteiger partial charge >= 0.3 is 0 Å². The van der Waals surface area contributed by atoms with Crippen molar-refractivity contribution in [2.45, 2.75) is 63.3 Å². The summed E-state index contributed by atoms with van der Waals surface area (Å²) in [7, 11) is 0. The Morgan fingerprint density at radius 1 is 1.11 bits per heavy atom. The lowest BCUT2D eigenvalue weighted by Crippen LogP contribution is -2.86. The van der Waals surface area contributed by atoms with Crippen LogP contribution in [0.2, 0.25) is 0 Å². The van der Waals surface area contributed by atoms with Gasteiger partial charge in [0.2, 0.25) is 5.79 Å². The first-order valence-electron chi connectivity index (χ1n) is 9.80. The molecule has 2 heterocycles. The van der Waals surface area contributed by atoms with Crippen LogP contribution in [0.5, 0.6) is 0 Å². The van der Waals surface area contributed by atoms with Gasteiger partial charge in [-0.25, -0.2) is 0 Å². The van der Waals surface area contributed by atoms with Gasteiger partial charge in [0.05, 0.1) is 24.9 Å². The van der Waals surface area contributed by atoms with Crippen molar-refractivity contribution in [3.05, 3.63) is 12.2 Å². The van der Waals surface area contributed by atoms with Crippen LogP contribution in [-0.4, -0.2) is 68.1 Å². The van der Waals surface area contributed by atoms with Crippen LogP contribution in [0.1, 0.15) is 33.1 Å². The molecule has 10 atom stereocenters. The first-order chi connectivity index (χ1) is 12.5. The average molecular weight is 380 g/mol. The normalized spacial score (nSPS) is 60.9. The zero-order chi connectivity index (χ0) is 19.7. The van der Waals surface area contributed by atoms with Gasteiger partial charge in [-0.15, -0.1) is 0 Å². The molecule has 10 unspecified atom stereocenters. The predicted octanol–water partition coefficient (Wildman–Crippen LogP) is -0.654. The molecule has 7 nitrogen and oxygen atoms in total. The Hall–Kier alpha value is -0.830. The summed E-state index contributed by atoms with van der Waals surface area (Å²) in [5, 5.41) is 55.8. The van der Waals surface area contributed by atoms with Crippen molar-refractivity contribution in [3.63, 3.8) is 0 Å². The number of aliphatic hydroxyl groups is 5. The number of ether oxygens (including phenoxy) is 1. The van der Waals surface area contributed by atoms with E-state index < -0.39 is 70.0 Å². The number of Topliss-reactive ketones (excluding diaryl/α,β-unsaturated/α-hetero) is 1. The molecule has 5 N–H and O–H groups in total. The lowest BCUT2D eigenvalue weighted by Gasteiger charge is -2.74. The summed E-state index contributed by atoms with van der Waals surface area (Å²) >= 11 is 0. The molecule has 4 bridgehead atoms. The fourth-order valence-corrected chi connectivity index (χ4v) is 7.93. The van der Waals surface area contributed by atoms with Crippen molar-refractivity contribution >= 4 is 5.78 Å². The number of carbonyl (C=O) groups is 1. The number of hydrogen-bond donors (Lipinski definition) is 5. The van der Waals surface area contributed by atoms with Gasteiger partial charge in [0.1, 0.15) is 11.5 Å². The molecule has 0 aromatic carbocycles. The van der Waals surface area contributed by atoms with Gasteiger partial charge in [0, 0.05) is 23.2 Å². The Bertz CT molecular complexity index is 745. The molecule has 150 valence electrons. The van der Waals surface area contributed by atoms with Gasteiger partial charge in [-0.05, 0) is 30.3 Å². The molecule has 7 heteroatoms. The van der Waals surface area contributed by atoms with E-state index in [1.165, 1.54) is 0 Å². The van der Waals surface area contributed by atoms with Crippen LogP contribution in [0, 0.1) is 34.0 Å². The Kier molecular flexibility index (Phi) is 3.26. The van der Waals surface area contributed by atoms with Gasteiger partial charge in [-0.3, -0.25) is 4.79 Å². The van der Waals surface area contributed by atoms with E-state index in [0.717, 1.165) is 0 Å². The van der Waals surface area contributed by atoms with Crippen molar-refractivity contribution in [1.82, 2.24) is 0 Å². The molecule has 2 spiro atoms. The van der Waals surface area contributed by atoms with Crippen LogP contribution >= 0.6 is 0 Å². The van der Waals surface area contributed by atoms with Gasteiger partial charge < -0.3 is 30.3 Å². The van der Waals surface area contributed by atoms with Crippen LogP contribution in [-0.2, 0) is 9.53 Å². The number of aliphatic hydroxyl groups excluding tert-OH is 4. The first-order valence-corrected chi connectivity index (χ1v) is 9.80. The minimum absolute atomic E-state index is 0.0714. The third-order valence-electron chi connectivity index (χ3n) is 8.99. The second-order valence-electron chi connectivity index (χ2n) is 10.1. The van der Waals surface area contributed by atoms with E-state index >= 15 is 0 Å². The van der Waals surface area contributed by atoms with Gasteiger partial charge in [0.15, 0.2) is 5.78 Å². The molecule has 0 amide bonds. The van der Waals surface area contributed by atoms with E-state index in [-0.39, 0.29) is 18.6 Å². The highest BCUT2D eigenvalue weighted by Crippen LogP contribution is 2.76. The fraction of sp³-hybridized carbons (Fsp3) is 0.850. The van der Waals surface area contributed by atoms with E-state index in [4.69, 9.17) is 4.74 Å². The monoisotopic (exact) mass is 380 g/mol. The third kappa shape index (κ3) is 1.56. The Morgan fingerprint density at radius 2 is 1.78 bits per heavy atom. The van der Waals surface area contributed by atoms with E-state index in [9.17, 15) is 30.3 Å². The van der Waals surface area contributed by atoms with Crippen LogP contribution in [0.4, 0.5) is 0 Å². The second-order valence-corrected chi connectivity index (χ2v) is 10.1. The van der Waals surface area contributed by atoms with Crippen LogP contribution in [0.15, 0.2) is 12.2 Å². The highest BCUT2D eigenvalue weighted by Gasteiger charge is 2.87. The molecular weight excluding hydrogens is 352 g/mol. The first kappa shape index (κ1) is 18.2. The van der Waals surface area contributed by atoms with Gasteiger partial charge in [-0.2, -0.15) is 0 Å². The highest BCUT2D eigenvalue weighted by atomic mass is 16.6. The number of ketones is 1. The van der Waals surface area contributed by atoms with Crippen molar-refractivity contribution in [2.24, 2.45) is 34.0 Å². The third-order valence-corrected chi connectivity index (χ3v) is 8.99. The lowest BCUT2D eigenvalue weighted by molar-refractivity contribution is -0.459. The molecule has 27 heavy (non-hydrogen) atoms. The molecule has 0 aromatic rings. The standard InChI is InChI=1S/C20H28O7/c1-8-9-6-10(21)12-18-5-4-11(22)17(2,3)13(18)16(25)20(26,27-7-18)19(12,14(8)23)15(9)24/h9-13,15-16,21-22,24-26H,1,4-7H2,2-3H3. The Labute approximate surface area is 157 Å². The number of fused-ring (bicyclic) bond motifs is 2. The Balaban J connectivity index is 1.81. The number of hydrogen-bond acceptors (Lipinski definition) is 7. The quantitative estimate of drug-likeness (QED) is 0.353. The molecular formula is C20H28O7. The molecule has 0 radical (unpaired) electrons. The molecule has 6 rings (SSSR count). The zero-order valence-electron chi connectivity index (χ0n) is 15.6. The van der Waals surface area contributed by atoms with Crippen LogP contribution < -0.4 is 0 Å². The summed E-state index contributed by atoms with van der Waals surface area (Å²) < 4.78 is 5.78. The van der Waals surface area contributed by atoms with E-state index in [1.54, 1.807) is 0 Å². The van der Waals surface area contributed by atoms with Gasteiger partial charge in [-0.1, -0.05) is 20.4 Å². The second kappa shape index (κ2) is 4.83. The van der Waals surface area contributed by atoms with Gasteiger partial charge in [0.25, 0.3) is 0 Å². The average Bonchev–Trinajstić information content (AvgIpc) is 2.71. The molecule has 6 fully saturated rings. The molecule has 4 saturated carbocycles. The summed E-state index contributed by atoms with van der Waals surface area (Å²) in [6.07, 6.45) is -3.28. The van der Waals surface area contributed by atoms with Crippen molar-refractivity contribution in [2.75, 3.05) is 6.61 Å².